The summed E-state index contributed by atoms with van der Waals surface area (Å²) in [5, 5.41) is 4.36. The quantitative estimate of drug-likeness (QED) is 0.562. The molecule has 5 nitrogen and oxygen atoms in total. The number of ether oxygens (including phenoxy) is 1. The number of benzene rings is 1. The Hall–Kier alpha value is -2.70. The van der Waals surface area contributed by atoms with E-state index in [4.69, 9.17) is 17.0 Å². The average Bonchev–Trinajstić information content (AvgIpc) is 3.49. The summed E-state index contributed by atoms with van der Waals surface area (Å²) in [7, 11) is 0. The topological polar surface area (TPSA) is 42.3 Å². The minimum Gasteiger partial charge on any atom is -0.376 e. The number of thiocarbonyl (C=S) groups is 1. The Balaban J connectivity index is 1.60. The molecule has 6 heteroatoms. The highest BCUT2D eigenvalue weighted by Crippen LogP contribution is 2.42. The summed E-state index contributed by atoms with van der Waals surface area (Å²) in [5.41, 5.74) is 7.25. The van der Waals surface area contributed by atoms with E-state index in [0.29, 0.717) is 0 Å². The number of nitrogens with one attached hydrogen (secondary N) is 1. The summed E-state index contributed by atoms with van der Waals surface area (Å²) in [5.74, 6) is 0. The smallest absolute Gasteiger partial charge is 0.170 e. The first-order chi connectivity index (χ1) is 15.5. The predicted octanol–water partition coefficient (Wildman–Crippen LogP) is 4.95. The Labute approximate surface area is 195 Å². The van der Waals surface area contributed by atoms with E-state index in [9.17, 15) is 0 Å². The van der Waals surface area contributed by atoms with Crippen LogP contribution in [-0.2, 0) is 4.74 Å². The molecule has 0 aliphatic carbocycles. The van der Waals surface area contributed by atoms with E-state index in [1.807, 2.05) is 18.3 Å². The zero-order valence-corrected chi connectivity index (χ0v) is 19.7. The largest absolute Gasteiger partial charge is 0.376 e. The van der Waals surface area contributed by atoms with E-state index in [2.05, 4.69) is 76.9 Å². The lowest BCUT2D eigenvalue weighted by Gasteiger charge is -2.30. The van der Waals surface area contributed by atoms with Crippen LogP contribution in [0.15, 0.2) is 54.7 Å². The standard InChI is InChI=1S/C26H30N4OS/c1-17-9-4-5-12-23(17)30-18(2)15-21(19(30)3)25-24(22-11-6-7-13-27-22)28-26(32)29(25)16-20-10-8-14-31-20/h4-7,9,11-13,15,20,24-25H,8,10,14,16H2,1-3H3,(H,28,32)/t20-,24+,25-/m1/s1. The normalized spacial score (nSPS) is 23.0. The van der Waals surface area contributed by atoms with Gasteiger partial charge in [-0.1, -0.05) is 24.3 Å². The average molecular weight is 447 g/mol. The molecule has 2 aliphatic rings. The Kier molecular flexibility index (Phi) is 5.74. The van der Waals surface area contributed by atoms with Crippen LogP contribution in [-0.4, -0.2) is 38.8 Å². The number of aryl methyl sites for hydroxylation is 2. The first kappa shape index (κ1) is 21.2. The second-order valence-electron chi connectivity index (χ2n) is 8.86. The van der Waals surface area contributed by atoms with E-state index in [0.717, 1.165) is 36.8 Å². The summed E-state index contributed by atoms with van der Waals surface area (Å²) in [6, 6.07) is 17.0. The van der Waals surface area contributed by atoms with E-state index in [1.54, 1.807) is 0 Å². The maximum Gasteiger partial charge on any atom is 0.170 e. The molecule has 1 N–H and O–H groups in total. The molecule has 1 aromatic carbocycles. The van der Waals surface area contributed by atoms with Gasteiger partial charge in [0.15, 0.2) is 5.11 Å². The van der Waals surface area contributed by atoms with E-state index in [-0.39, 0.29) is 18.2 Å². The minimum absolute atomic E-state index is 0.00377. The molecule has 166 valence electrons. The van der Waals surface area contributed by atoms with Crippen molar-refractivity contribution in [1.29, 1.82) is 0 Å². The van der Waals surface area contributed by atoms with Gasteiger partial charge in [-0.15, -0.1) is 0 Å². The van der Waals surface area contributed by atoms with Crippen molar-refractivity contribution in [3.63, 3.8) is 0 Å². The molecular formula is C26H30N4OS. The molecular weight excluding hydrogens is 416 g/mol. The van der Waals surface area contributed by atoms with Gasteiger partial charge in [0.05, 0.1) is 23.9 Å². The van der Waals surface area contributed by atoms with Crippen molar-refractivity contribution in [2.24, 2.45) is 0 Å². The van der Waals surface area contributed by atoms with Gasteiger partial charge in [0.1, 0.15) is 0 Å². The molecule has 2 aliphatic heterocycles. The summed E-state index contributed by atoms with van der Waals surface area (Å²) in [6.45, 7) is 8.21. The van der Waals surface area contributed by atoms with Crippen molar-refractivity contribution >= 4 is 17.3 Å². The molecule has 3 aromatic rings. The van der Waals surface area contributed by atoms with Gasteiger partial charge in [-0.2, -0.15) is 0 Å². The highest BCUT2D eigenvalue weighted by Gasteiger charge is 2.42. The van der Waals surface area contributed by atoms with Crippen LogP contribution in [0, 0.1) is 20.8 Å². The number of rotatable bonds is 5. The molecule has 5 rings (SSSR count). The van der Waals surface area contributed by atoms with Crippen molar-refractivity contribution in [1.82, 2.24) is 19.8 Å². The summed E-state index contributed by atoms with van der Waals surface area (Å²) in [4.78, 5) is 7.01. The maximum absolute atomic E-state index is 5.98. The monoisotopic (exact) mass is 446 g/mol. The molecule has 3 atom stereocenters. The van der Waals surface area contributed by atoms with Crippen molar-refractivity contribution in [2.45, 2.75) is 51.8 Å². The van der Waals surface area contributed by atoms with Gasteiger partial charge in [-0.3, -0.25) is 4.98 Å². The van der Waals surface area contributed by atoms with Crippen molar-refractivity contribution < 1.29 is 4.74 Å². The van der Waals surface area contributed by atoms with E-state index >= 15 is 0 Å². The Morgan fingerprint density at radius 2 is 1.94 bits per heavy atom. The van der Waals surface area contributed by atoms with Crippen LogP contribution >= 0.6 is 12.2 Å². The van der Waals surface area contributed by atoms with Crippen LogP contribution in [0.3, 0.4) is 0 Å². The molecule has 2 saturated heterocycles. The lowest BCUT2D eigenvalue weighted by molar-refractivity contribution is 0.0842. The number of hydrogen-bond acceptors (Lipinski definition) is 3. The number of hydrogen-bond donors (Lipinski definition) is 1. The molecule has 0 amide bonds. The van der Waals surface area contributed by atoms with Crippen LogP contribution in [0.4, 0.5) is 0 Å². The third-order valence-corrected chi connectivity index (χ3v) is 7.12. The molecule has 0 radical (unpaired) electrons. The van der Waals surface area contributed by atoms with Gasteiger partial charge in [-0.05, 0) is 81.2 Å². The third-order valence-electron chi connectivity index (χ3n) is 6.77. The summed E-state index contributed by atoms with van der Waals surface area (Å²) < 4.78 is 8.35. The van der Waals surface area contributed by atoms with Gasteiger partial charge >= 0.3 is 0 Å². The first-order valence-corrected chi connectivity index (χ1v) is 11.8. The zero-order chi connectivity index (χ0) is 22.2. The summed E-state index contributed by atoms with van der Waals surface area (Å²) in [6.07, 6.45) is 4.28. The Bertz CT molecular complexity index is 1120. The molecule has 0 unspecified atom stereocenters. The van der Waals surface area contributed by atoms with E-state index in [1.165, 1.54) is 28.2 Å². The van der Waals surface area contributed by atoms with Gasteiger partial charge in [0, 0.05) is 36.4 Å². The molecule has 0 bridgehead atoms. The van der Waals surface area contributed by atoms with Gasteiger partial charge in [0.25, 0.3) is 0 Å². The third kappa shape index (κ3) is 3.71. The molecule has 2 aromatic heterocycles. The number of nitrogens with zero attached hydrogens (tertiary/aromatic N) is 3. The number of pyridine rings is 1. The highest BCUT2D eigenvalue weighted by molar-refractivity contribution is 7.80. The fourth-order valence-corrected chi connectivity index (χ4v) is 5.54. The van der Waals surface area contributed by atoms with Crippen molar-refractivity contribution in [2.75, 3.05) is 13.2 Å². The van der Waals surface area contributed by atoms with Gasteiger partial charge < -0.3 is 19.5 Å². The zero-order valence-electron chi connectivity index (χ0n) is 18.9. The molecule has 4 heterocycles. The van der Waals surface area contributed by atoms with Crippen molar-refractivity contribution in [3.8, 4) is 5.69 Å². The predicted molar refractivity (Wildman–Crippen MR) is 131 cm³/mol. The number of para-hydroxylation sites is 1. The lowest BCUT2D eigenvalue weighted by Crippen LogP contribution is -2.36. The fourth-order valence-electron chi connectivity index (χ4n) is 5.22. The van der Waals surface area contributed by atoms with Gasteiger partial charge in [-0.25, -0.2) is 0 Å². The fraction of sp³-hybridized carbons (Fsp3) is 0.385. The molecule has 32 heavy (non-hydrogen) atoms. The molecule has 0 saturated carbocycles. The SMILES string of the molecule is Cc1ccccc1-n1c(C)cc([C@@H]2[C@H](c3ccccn3)NC(=S)N2C[C@H]2CCCO2)c1C. The second-order valence-corrected chi connectivity index (χ2v) is 9.25. The lowest BCUT2D eigenvalue weighted by atomic mass is 9.96. The maximum atomic E-state index is 5.98. The van der Waals surface area contributed by atoms with Crippen molar-refractivity contribution in [3.05, 3.63) is 82.9 Å². The summed E-state index contributed by atoms with van der Waals surface area (Å²) >= 11 is 5.85. The van der Waals surface area contributed by atoms with Crippen LogP contribution in [0.1, 0.15) is 53.1 Å². The van der Waals surface area contributed by atoms with E-state index < -0.39 is 0 Å². The Morgan fingerprint density at radius 1 is 1.12 bits per heavy atom. The minimum atomic E-state index is -0.00377. The van der Waals surface area contributed by atoms with Crippen LogP contribution < -0.4 is 5.32 Å². The first-order valence-electron chi connectivity index (χ1n) is 11.4. The van der Waals surface area contributed by atoms with Crippen LogP contribution in [0.2, 0.25) is 0 Å². The number of aromatic nitrogens is 2. The van der Waals surface area contributed by atoms with Crippen LogP contribution in [0.5, 0.6) is 0 Å². The molecule has 0 spiro atoms. The van der Waals surface area contributed by atoms with Gasteiger partial charge in [0.2, 0.25) is 0 Å². The highest BCUT2D eigenvalue weighted by atomic mass is 32.1. The van der Waals surface area contributed by atoms with Crippen LogP contribution in [0.25, 0.3) is 5.69 Å². The second kappa shape index (κ2) is 8.68. The molecule has 2 fully saturated rings. The Morgan fingerprint density at radius 3 is 2.66 bits per heavy atom.